The summed E-state index contributed by atoms with van der Waals surface area (Å²) in [6.07, 6.45) is 0.188. The second-order valence-electron chi connectivity index (χ2n) is 8.63. The minimum Gasteiger partial charge on any atom is -0.354 e. The molecule has 0 spiro atoms. The number of rotatable bonds is 4. The summed E-state index contributed by atoms with van der Waals surface area (Å²) >= 11 is 6.19. The number of piperazine rings is 1. The number of hydrogen-bond donors (Lipinski definition) is 1. The number of urea groups is 1. The molecule has 4 heterocycles. The van der Waals surface area contributed by atoms with Crippen molar-refractivity contribution in [1.82, 2.24) is 25.2 Å². The first-order valence-corrected chi connectivity index (χ1v) is 11.4. The molecule has 33 heavy (non-hydrogen) atoms. The monoisotopic (exact) mass is 468 g/mol. The van der Waals surface area contributed by atoms with Crippen molar-refractivity contribution in [2.45, 2.75) is 26.4 Å². The van der Waals surface area contributed by atoms with E-state index in [-0.39, 0.29) is 24.8 Å². The van der Waals surface area contributed by atoms with E-state index in [0.717, 1.165) is 55.4 Å². The summed E-state index contributed by atoms with van der Waals surface area (Å²) in [6.45, 7) is 6.81. The number of hydrazine groups is 1. The maximum Gasteiger partial charge on any atom is 0.342 e. The Morgan fingerprint density at radius 1 is 1.00 bits per heavy atom. The lowest BCUT2D eigenvalue weighted by molar-refractivity contribution is -0.123. The van der Waals surface area contributed by atoms with Crippen LogP contribution in [0.1, 0.15) is 33.6 Å². The molecule has 0 aliphatic carbocycles. The molecule has 0 radical (unpaired) electrons. The van der Waals surface area contributed by atoms with Gasteiger partial charge in [0.25, 0.3) is 5.91 Å². The van der Waals surface area contributed by atoms with Gasteiger partial charge in [-0.3, -0.25) is 19.8 Å². The van der Waals surface area contributed by atoms with Gasteiger partial charge in [-0.25, -0.2) is 19.8 Å². The average Bonchev–Trinajstić information content (AvgIpc) is 3.09. The molecule has 1 N–H and O–H groups in total. The average molecular weight is 469 g/mol. The predicted octanol–water partition coefficient (Wildman–Crippen LogP) is 2.18. The van der Waals surface area contributed by atoms with Crippen molar-refractivity contribution >= 4 is 35.3 Å². The number of carbonyl (C=O) groups excluding carboxylic acids is 3. The SMILES string of the molecule is Cc1cc(Cl)cc(N2CCN(Cc3ccc4c(c3)CN(N3CCC(=O)NC3=O)C4=O)CC2)n1. The molecule has 2 saturated heterocycles. The molecule has 0 atom stereocenters. The van der Waals surface area contributed by atoms with Gasteiger partial charge < -0.3 is 4.90 Å². The summed E-state index contributed by atoms with van der Waals surface area (Å²) < 4.78 is 0. The lowest BCUT2D eigenvalue weighted by Gasteiger charge is -2.35. The van der Waals surface area contributed by atoms with Crippen molar-refractivity contribution in [3.05, 3.63) is 57.7 Å². The standard InChI is InChI=1S/C23H25ClN6O3/c1-15-10-18(24)12-20(25-15)28-8-6-27(7-9-28)13-16-2-3-19-17(11-16)14-30(22(19)32)29-5-4-21(31)26-23(29)33/h2-3,10-12H,4-9,13-14H2,1H3,(H,26,31,33). The van der Waals surface area contributed by atoms with Gasteiger partial charge >= 0.3 is 6.03 Å². The van der Waals surface area contributed by atoms with Crippen LogP contribution in [0.4, 0.5) is 10.6 Å². The molecule has 172 valence electrons. The van der Waals surface area contributed by atoms with E-state index in [4.69, 9.17) is 11.6 Å². The molecule has 0 saturated carbocycles. The summed E-state index contributed by atoms with van der Waals surface area (Å²) in [6, 6.07) is 9.09. The summed E-state index contributed by atoms with van der Waals surface area (Å²) in [5.41, 5.74) is 3.55. The van der Waals surface area contributed by atoms with Crippen LogP contribution in [-0.4, -0.2) is 70.5 Å². The summed E-state index contributed by atoms with van der Waals surface area (Å²) in [5, 5.41) is 5.73. The summed E-state index contributed by atoms with van der Waals surface area (Å²) in [4.78, 5) is 45.7. The second-order valence-corrected chi connectivity index (χ2v) is 9.07. The Labute approximate surface area is 196 Å². The molecule has 0 bridgehead atoms. The van der Waals surface area contributed by atoms with E-state index >= 15 is 0 Å². The van der Waals surface area contributed by atoms with Crippen molar-refractivity contribution in [2.75, 3.05) is 37.6 Å². The molecular formula is C23H25ClN6O3. The molecule has 3 aliphatic rings. The zero-order valence-electron chi connectivity index (χ0n) is 18.4. The molecular weight excluding hydrogens is 444 g/mol. The van der Waals surface area contributed by atoms with Crippen LogP contribution in [0.5, 0.6) is 0 Å². The zero-order valence-corrected chi connectivity index (χ0v) is 19.1. The number of hydrogen-bond acceptors (Lipinski definition) is 6. The quantitative estimate of drug-likeness (QED) is 0.739. The highest BCUT2D eigenvalue weighted by molar-refractivity contribution is 6.30. The largest absolute Gasteiger partial charge is 0.354 e. The maximum absolute atomic E-state index is 12.8. The highest BCUT2D eigenvalue weighted by Crippen LogP contribution is 2.27. The minimum absolute atomic E-state index is 0.188. The fourth-order valence-electron chi connectivity index (χ4n) is 4.60. The van der Waals surface area contributed by atoms with E-state index in [1.165, 1.54) is 10.0 Å². The number of carbonyl (C=O) groups is 3. The topological polar surface area (TPSA) is 89.1 Å². The molecule has 3 aliphatic heterocycles. The third kappa shape index (κ3) is 4.38. The van der Waals surface area contributed by atoms with Crippen molar-refractivity contribution < 1.29 is 14.4 Å². The number of nitrogens with one attached hydrogen (secondary N) is 1. The first kappa shape index (κ1) is 21.7. The molecule has 0 unspecified atom stereocenters. The number of aromatic nitrogens is 1. The van der Waals surface area contributed by atoms with Gasteiger partial charge in [0.1, 0.15) is 5.82 Å². The number of pyridine rings is 1. The highest BCUT2D eigenvalue weighted by Gasteiger charge is 2.37. The van der Waals surface area contributed by atoms with Gasteiger partial charge in [-0.15, -0.1) is 0 Å². The van der Waals surface area contributed by atoms with E-state index in [1.54, 1.807) is 0 Å². The first-order chi connectivity index (χ1) is 15.9. The molecule has 4 amide bonds. The normalized spacial score (nSPS) is 19.2. The van der Waals surface area contributed by atoms with E-state index in [0.29, 0.717) is 17.1 Å². The number of nitrogens with zero attached hydrogens (tertiary/aromatic N) is 5. The fraction of sp³-hybridized carbons (Fsp3) is 0.391. The smallest absolute Gasteiger partial charge is 0.342 e. The molecule has 2 fully saturated rings. The third-order valence-electron chi connectivity index (χ3n) is 6.28. The van der Waals surface area contributed by atoms with E-state index in [2.05, 4.69) is 26.2 Å². The molecule has 9 nitrogen and oxygen atoms in total. The van der Waals surface area contributed by atoms with E-state index < -0.39 is 6.03 Å². The Bertz CT molecular complexity index is 1110. The number of amides is 4. The van der Waals surface area contributed by atoms with Crippen molar-refractivity contribution in [2.24, 2.45) is 0 Å². The summed E-state index contributed by atoms with van der Waals surface area (Å²) in [7, 11) is 0. The van der Waals surface area contributed by atoms with Gasteiger partial charge in [0.2, 0.25) is 5.91 Å². The van der Waals surface area contributed by atoms with Crippen molar-refractivity contribution in [3.63, 3.8) is 0 Å². The van der Waals surface area contributed by atoms with Gasteiger partial charge in [-0.05, 0) is 36.2 Å². The molecule has 1 aromatic heterocycles. The number of halogens is 1. The minimum atomic E-state index is -0.546. The Balaban J connectivity index is 1.21. The maximum atomic E-state index is 12.8. The Morgan fingerprint density at radius 2 is 1.79 bits per heavy atom. The van der Waals surface area contributed by atoms with E-state index in [9.17, 15) is 14.4 Å². The van der Waals surface area contributed by atoms with Gasteiger partial charge in [-0.2, -0.15) is 0 Å². The third-order valence-corrected chi connectivity index (χ3v) is 6.50. The fourth-order valence-corrected chi connectivity index (χ4v) is 4.86. The molecule has 10 heteroatoms. The van der Waals surface area contributed by atoms with Gasteiger partial charge in [0.05, 0.1) is 13.1 Å². The summed E-state index contributed by atoms with van der Waals surface area (Å²) in [5.74, 6) is 0.391. The van der Waals surface area contributed by atoms with Gasteiger partial charge in [0.15, 0.2) is 0 Å². The van der Waals surface area contributed by atoms with Crippen LogP contribution in [-0.2, 0) is 17.9 Å². The van der Waals surface area contributed by atoms with E-state index in [1.807, 2.05) is 31.2 Å². The zero-order chi connectivity index (χ0) is 23.1. The van der Waals surface area contributed by atoms with Crippen LogP contribution < -0.4 is 10.2 Å². The predicted molar refractivity (Wildman–Crippen MR) is 123 cm³/mol. The Hall–Kier alpha value is -3.17. The molecule has 1 aromatic carbocycles. The number of anilines is 1. The van der Waals surface area contributed by atoms with Gasteiger partial charge in [-0.1, -0.05) is 23.7 Å². The van der Waals surface area contributed by atoms with Crippen LogP contribution in [0, 0.1) is 6.92 Å². The lowest BCUT2D eigenvalue weighted by Crippen LogP contribution is -2.56. The highest BCUT2D eigenvalue weighted by atomic mass is 35.5. The first-order valence-electron chi connectivity index (χ1n) is 11.0. The number of benzene rings is 1. The number of imide groups is 1. The Kier molecular flexibility index (Phi) is 5.67. The van der Waals surface area contributed by atoms with Crippen LogP contribution >= 0.6 is 11.6 Å². The van der Waals surface area contributed by atoms with Crippen LogP contribution in [0.2, 0.25) is 5.02 Å². The Morgan fingerprint density at radius 3 is 2.52 bits per heavy atom. The van der Waals surface area contributed by atoms with Gasteiger partial charge in [0, 0.05) is 55.4 Å². The molecule has 5 rings (SSSR count). The van der Waals surface area contributed by atoms with Crippen LogP contribution in [0.3, 0.4) is 0 Å². The van der Waals surface area contributed by atoms with Crippen LogP contribution in [0.15, 0.2) is 30.3 Å². The second kappa shape index (κ2) is 8.64. The number of fused-ring (bicyclic) bond motifs is 1. The lowest BCUT2D eigenvalue weighted by atomic mass is 10.1. The van der Waals surface area contributed by atoms with Crippen molar-refractivity contribution in [3.8, 4) is 0 Å². The van der Waals surface area contributed by atoms with Crippen LogP contribution in [0.25, 0.3) is 0 Å². The molecule has 2 aromatic rings. The van der Waals surface area contributed by atoms with Crippen molar-refractivity contribution in [1.29, 1.82) is 0 Å². The number of aryl methyl sites for hydroxylation is 1.